The molecule has 0 aromatic rings. The van der Waals surface area contributed by atoms with E-state index < -0.39 is 0 Å². The Labute approximate surface area is 120 Å². The van der Waals surface area contributed by atoms with E-state index in [0.29, 0.717) is 31.2 Å². The maximum absolute atomic E-state index is 11.5. The van der Waals surface area contributed by atoms with E-state index in [1.807, 2.05) is 13.8 Å². The van der Waals surface area contributed by atoms with Gasteiger partial charge in [-0.25, -0.2) is 0 Å². The van der Waals surface area contributed by atoms with Gasteiger partial charge in [-0.2, -0.15) is 0 Å². The van der Waals surface area contributed by atoms with E-state index in [1.54, 1.807) is 7.05 Å². The van der Waals surface area contributed by atoms with Crippen molar-refractivity contribution >= 4 is 11.9 Å². The Morgan fingerprint density at radius 2 is 2.20 bits per heavy atom. The van der Waals surface area contributed by atoms with Gasteiger partial charge in [-0.15, -0.1) is 0 Å². The molecule has 2 bridgehead atoms. The molecule has 3 N–H and O–H groups in total. The average molecular weight is 282 g/mol. The summed E-state index contributed by atoms with van der Waals surface area (Å²) < 4.78 is 5.81. The molecule has 114 valence electrons. The molecule has 6 heteroatoms. The van der Waals surface area contributed by atoms with Crippen LogP contribution in [-0.2, 0) is 9.53 Å². The number of amides is 1. The number of hydrogen-bond donors (Lipinski definition) is 3. The smallest absolute Gasteiger partial charge is 0.221 e. The molecule has 0 saturated carbocycles. The largest absolute Gasteiger partial charge is 0.373 e. The van der Waals surface area contributed by atoms with Crippen LogP contribution >= 0.6 is 0 Å². The van der Waals surface area contributed by atoms with Crippen molar-refractivity contribution in [1.29, 1.82) is 0 Å². The van der Waals surface area contributed by atoms with Gasteiger partial charge in [-0.05, 0) is 33.1 Å². The number of nitrogens with one attached hydrogen (secondary N) is 3. The first kappa shape index (κ1) is 15.1. The third-order valence-electron chi connectivity index (χ3n) is 3.75. The van der Waals surface area contributed by atoms with Gasteiger partial charge in [0, 0.05) is 26.1 Å². The monoisotopic (exact) mass is 282 g/mol. The van der Waals surface area contributed by atoms with Gasteiger partial charge in [-0.1, -0.05) is 0 Å². The molecule has 0 radical (unpaired) electrons. The third kappa shape index (κ3) is 4.10. The number of ether oxygens (including phenoxy) is 1. The first-order valence-corrected chi connectivity index (χ1v) is 7.50. The molecular weight excluding hydrogens is 256 g/mol. The quantitative estimate of drug-likeness (QED) is 0.503. The van der Waals surface area contributed by atoms with Gasteiger partial charge < -0.3 is 20.7 Å². The summed E-state index contributed by atoms with van der Waals surface area (Å²) in [5.41, 5.74) is 0. The zero-order chi connectivity index (χ0) is 14.5. The molecule has 0 aromatic carbocycles. The van der Waals surface area contributed by atoms with Gasteiger partial charge in [0.25, 0.3) is 0 Å². The Morgan fingerprint density at radius 3 is 2.75 bits per heavy atom. The lowest BCUT2D eigenvalue weighted by molar-refractivity contribution is -0.121. The molecule has 2 aliphatic heterocycles. The number of carbonyl (C=O) groups is 1. The molecule has 6 nitrogen and oxygen atoms in total. The summed E-state index contributed by atoms with van der Waals surface area (Å²) in [4.78, 5) is 15.7. The highest BCUT2D eigenvalue weighted by Crippen LogP contribution is 2.34. The lowest BCUT2D eigenvalue weighted by atomic mass is 9.96. The number of nitrogens with zero attached hydrogens (tertiary/aromatic N) is 1. The number of rotatable bonds is 5. The Balaban J connectivity index is 1.67. The molecule has 1 amide bonds. The topological polar surface area (TPSA) is 74.8 Å². The van der Waals surface area contributed by atoms with Crippen LogP contribution in [0.3, 0.4) is 0 Å². The van der Waals surface area contributed by atoms with Crippen LogP contribution in [-0.4, -0.2) is 49.8 Å². The summed E-state index contributed by atoms with van der Waals surface area (Å²) in [5.74, 6) is 0.815. The molecule has 2 fully saturated rings. The van der Waals surface area contributed by atoms with Crippen molar-refractivity contribution in [3.63, 3.8) is 0 Å². The molecular formula is C14H26N4O2. The second-order valence-electron chi connectivity index (χ2n) is 5.83. The SMILES string of the molecule is CN=C(NCCC(=O)NC(C)C)NC1CC2CCC1O2. The van der Waals surface area contributed by atoms with Crippen molar-refractivity contribution in [2.24, 2.45) is 4.99 Å². The van der Waals surface area contributed by atoms with Crippen molar-refractivity contribution < 1.29 is 9.53 Å². The van der Waals surface area contributed by atoms with E-state index >= 15 is 0 Å². The van der Waals surface area contributed by atoms with Crippen molar-refractivity contribution in [3.8, 4) is 0 Å². The second kappa shape index (κ2) is 6.92. The van der Waals surface area contributed by atoms with Crippen LogP contribution in [0.2, 0.25) is 0 Å². The normalized spacial score (nSPS) is 28.8. The Morgan fingerprint density at radius 1 is 1.40 bits per heavy atom. The van der Waals surface area contributed by atoms with Crippen LogP contribution in [0, 0.1) is 0 Å². The van der Waals surface area contributed by atoms with Crippen molar-refractivity contribution in [3.05, 3.63) is 0 Å². The minimum absolute atomic E-state index is 0.0613. The van der Waals surface area contributed by atoms with Crippen LogP contribution in [0.15, 0.2) is 4.99 Å². The molecule has 2 aliphatic rings. The lowest BCUT2D eigenvalue weighted by Crippen LogP contribution is -2.48. The van der Waals surface area contributed by atoms with Crippen molar-refractivity contribution in [1.82, 2.24) is 16.0 Å². The fourth-order valence-electron chi connectivity index (χ4n) is 2.85. The van der Waals surface area contributed by atoms with Crippen LogP contribution in [0.1, 0.15) is 39.5 Å². The van der Waals surface area contributed by atoms with Gasteiger partial charge in [0.15, 0.2) is 5.96 Å². The Bertz CT molecular complexity index is 370. The molecule has 2 saturated heterocycles. The Kier molecular flexibility index (Phi) is 5.23. The van der Waals surface area contributed by atoms with E-state index in [-0.39, 0.29) is 11.9 Å². The van der Waals surface area contributed by atoms with Gasteiger partial charge in [0.1, 0.15) is 0 Å². The van der Waals surface area contributed by atoms with E-state index in [1.165, 1.54) is 6.42 Å². The van der Waals surface area contributed by atoms with Gasteiger partial charge in [0.2, 0.25) is 5.91 Å². The number of fused-ring (bicyclic) bond motifs is 2. The molecule has 3 atom stereocenters. The summed E-state index contributed by atoms with van der Waals surface area (Å²) in [6, 6.07) is 0.538. The fourth-order valence-corrected chi connectivity index (χ4v) is 2.85. The Hall–Kier alpha value is -1.30. The maximum Gasteiger partial charge on any atom is 0.221 e. The van der Waals surface area contributed by atoms with Crippen LogP contribution < -0.4 is 16.0 Å². The first-order chi connectivity index (χ1) is 9.58. The average Bonchev–Trinajstić information content (AvgIpc) is 2.98. The standard InChI is InChI=1S/C14H26N4O2/c1-9(2)17-13(19)6-7-16-14(15-3)18-11-8-10-4-5-12(11)20-10/h9-12H,4-8H2,1-3H3,(H,17,19)(H2,15,16,18). The number of carbonyl (C=O) groups excluding carboxylic acids is 1. The number of hydrogen-bond acceptors (Lipinski definition) is 3. The molecule has 3 unspecified atom stereocenters. The van der Waals surface area contributed by atoms with Gasteiger partial charge in [0.05, 0.1) is 18.2 Å². The zero-order valence-electron chi connectivity index (χ0n) is 12.6. The fraction of sp³-hybridized carbons (Fsp3) is 0.857. The van der Waals surface area contributed by atoms with Crippen molar-refractivity contribution in [2.45, 2.75) is 63.8 Å². The van der Waals surface area contributed by atoms with Gasteiger partial charge >= 0.3 is 0 Å². The second-order valence-corrected chi connectivity index (χ2v) is 5.83. The van der Waals surface area contributed by atoms with Crippen LogP contribution in [0.25, 0.3) is 0 Å². The molecule has 0 spiro atoms. The predicted octanol–water partition coefficient (Wildman–Crippen LogP) is 0.386. The van der Waals surface area contributed by atoms with Crippen LogP contribution in [0.4, 0.5) is 0 Å². The highest BCUT2D eigenvalue weighted by molar-refractivity contribution is 5.81. The van der Waals surface area contributed by atoms with E-state index in [2.05, 4.69) is 20.9 Å². The summed E-state index contributed by atoms with van der Waals surface area (Å²) >= 11 is 0. The molecule has 2 rings (SSSR count). The summed E-state index contributed by atoms with van der Waals surface area (Å²) in [6.07, 6.45) is 4.57. The third-order valence-corrected chi connectivity index (χ3v) is 3.75. The molecule has 20 heavy (non-hydrogen) atoms. The number of guanidine groups is 1. The van der Waals surface area contributed by atoms with Gasteiger partial charge in [-0.3, -0.25) is 9.79 Å². The minimum Gasteiger partial charge on any atom is -0.373 e. The molecule has 2 heterocycles. The minimum atomic E-state index is 0.0613. The summed E-state index contributed by atoms with van der Waals surface area (Å²) in [7, 11) is 1.75. The highest BCUT2D eigenvalue weighted by Gasteiger charge is 2.41. The van der Waals surface area contributed by atoms with E-state index in [0.717, 1.165) is 18.8 Å². The first-order valence-electron chi connectivity index (χ1n) is 7.50. The maximum atomic E-state index is 11.5. The van der Waals surface area contributed by atoms with E-state index in [9.17, 15) is 4.79 Å². The zero-order valence-corrected chi connectivity index (χ0v) is 12.6. The summed E-state index contributed by atoms with van der Waals surface area (Å²) in [5, 5.41) is 9.45. The van der Waals surface area contributed by atoms with E-state index in [4.69, 9.17) is 4.74 Å². The number of aliphatic imine (C=N–C) groups is 1. The van der Waals surface area contributed by atoms with Crippen LogP contribution in [0.5, 0.6) is 0 Å². The highest BCUT2D eigenvalue weighted by atomic mass is 16.5. The lowest BCUT2D eigenvalue weighted by Gasteiger charge is -2.22. The predicted molar refractivity (Wildman–Crippen MR) is 78.7 cm³/mol. The molecule has 0 aliphatic carbocycles. The summed E-state index contributed by atoms with van der Waals surface area (Å²) in [6.45, 7) is 4.50. The van der Waals surface area contributed by atoms with Crippen molar-refractivity contribution in [2.75, 3.05) is 13.6 Å². The molecule has 0 aromatic heterocycles.